The van der Waals surface area contributed by atoms with Crippen LogP contribution in [0.15, 0.2) is 0 Å². The number of carbonyl (C=O) groups is 2. The van der Waals surface area contributed by atoms with Crippen LogP contribution < -0.4 is 0 Å². The molecule has 1 fully saturated rings. The van der Waals surface area contributed by atoms with Gasteiger partial charge in [-0.3, -0.25) is 19.2 Å². The molecule has 1 aliphatic heterocycles. The van der Waals surface area contributed by atoms with Gasteiger partial charge < -0.3 is 0 Å². The van der Waals surface area contributed by atoms with Crippen LogP contribution in [0.25, 0.3) is 0 Å². The molecular weight excluding hydrogens is 254 g/mol. The first-order chi connectivity index (χ1) is 8.40. The van der Waals surface area contributed by atoms with E-state index in [1.54, 1.807) is 11.7 Å². The van der Waals surface area contributed by atoms with Crippen molar-refractivity contribution in [2.75, 3.05) is 0 Å². The van der Waals surface area contributed by atoms with E-state index in [9.17, 15) is 9.59 Å². The monoisotopic (exact) mass is 269 g/mol. The number of likely N-dealkylation sites (tertiary alicyclic amines) is 1. The third-order valence-corrected chi connectivity index (χ3v) is 3.71. The molecule has 6 heteroatoms. The van der Waals surface area contributed by atoms with Gasteiger partial charge in [-0.1, -0.05) is 18.5 Å². The Labute approximate surface area is 111 Å². The third kappa shape index (κ3) is 2.27. The van der Waals surface area contributed by atoms with Gasteiger partial charge >= 0.3 is 0 Å². The summed E-state index contributed by atoms with van der Waals surface area (Å²) < 4.78 is 1.55. The predicted molar refractivity (Wildman–Crippen MR) is 66.9 cm³/mol. The number of carbonyl (C=O) groups excluding carboxylic acids is 2. The number of aromatic nitrogens is 2. The van der Waals surface area contributed by atoms with E-state index < -0.39 is 0 Å². The third-order valence-electron chi connectivity index (χ3n) is 3.23. The SMILES string of the molecule is Cc1nn(C)c(Cl)c1CN1C(=O)CC(C)CC1=O. The Balaban J connectivity index is 2.23. The van der Waals surface area contributed by atoms with E-state index in [0.717, 1.165) is 11.3 Å². The van der Waals surface area contributed by atoms with E-state index in [1.165, 1.54) is 4.90 Å². The van der Waals surface area contributed by atoms with Gasteiger partial charge in [0, 0.05) is 25.5 Å². The molecule has 2 amide bonds. The lowest BCUT2D eigenvalue weighted by Crippen LogP contribution is -2.42. The standard InChI is InChI=1S/C12H16ClN3O2/c1-7-4-10(17)16(11(18)5-7)6-9-8(2)14-15(3)12(9)13/h7H,4-6H2,1-3H3. The van der Waals surface area contributed by atoms with Crippen molar-refractivity contribution in [3.8, 4) is 0 Å². The van der Waals surface area contributed by atoms with E-state index in [0.29, 0.717) is 18.0 Å². The molecule has 1 aromatic rings. The second-order valence-electron chi connectivity index (χ2n) is 4.87. The summed E-state index contributed by atoms with van der Waals surface area (Å²) in [6.07, 6.45) is 0.839. The maximum atomic E-state index is 11.9. The molecule has 0 radical (unpaired) electrons. The lowest BCUT2D eigenvalue weighted by atomic mass is 9.97. The van der Waals surface area contributed by atoms with Crippen molar-refractivity contribution in [1.82, 2.24) is 14.7 Å². The first-order valence-electron chi connectivity index (χ1n) is 5.91. The number of halogens is 1. The Hall–Kier alpha value is -1.36. The summed E-state index contributed by atoms with van der Waals surface area (Å²) >= 11 is 6.11. The molecule has 0 aromatic carbocycles. The minimum atomic E-state index is -0.127. The van der Waals surface area contributed by atoms with Crippen molar-refractivity contribution in [2.24, 2.45) is 13.0 Å². The van der Waals surface area contributed by atoms with E-state index in [-0.39, 0.29) is 24.3 Å². The van der Waals surface area contributed by atoms with Crippen molar-refractivity contribution >= 4 is 23.4 Å². The van der Waals surface area contributed by atoms with Gasteiger partial charge in [0.15, 0.2) is 0 Å². The molecule has 98 valence electrons. The van der Waals surface area contributed by atoms with Gasteiger partial charge in [0.1, 0.15) is 5.15 Å². The molecule has 0 spiro atoms. The van der Waals surface area contributed by atoms with E-state index in [4.69, 9.17) is 11.6 Å². The molecular formula is C12H16ClN3O2. The minimum Gasteiger partial charge on any atom is -0.278 e. The van der Waals surface area contributed by atoms with Gasteiger partial charge in [-0.05, 0) is 12.8 Å². The molecule has 0 saturated carbocycles. The van der Waals surface area contributed by atoms with Gasteiger partial charge in [0.2, 0.25) is 11.8 Å². The Bertz CT molecular complexity index is 492. The number of hydrogen-bond donors (Lipinski definition) is 0. The Morgan fingerprint density at radius 1 is 1.33 bits per heavy atom. The van der Waals surface area contributed by atoms with Crippen LogP contribution >= 0.6 is 11.6 Å². The summed E-state index contributed by atoms with van der Waals surface area (Å²) in [5.41, 5.74) is 1.50. The van der Waals surface area contributed by atoms with Gasteiger partial charge in [-0.15, -0.1) is 0 Å². The number of piperidine rings is 1. The van der Waals surface area contributed by atoms with Crippen LogP contribution in [0.4, 0.5) is 0 Å². The molecule has 0 unspecified atom stereocenters. The Kier molecular flexibility index (Phi) is 3.43. The molecule has 2 rings (SSSR count). The summed E-state index contributed by atoms with van der Waals surface area (Å²) in [5, 5.41) is 4.66. The average molecular weight is 270 g/mol. The number of amides is 2. The lowest BCUT2D eigenvalue weighted by molar-refractivity contribution is -0.150. The highest BCUT2D eigenvalue weighted by Crippen LogP contribution is 2.25. The van der Waals surface area contributed by atoms with Crippen LogP contribution in [0.2, 0.25) is 5.15 Å². The zero-order valence-corrected chi connectivity index (χ0v) is 11.5. The fourth-order valence-corrected chi connectivity index (χ4v) is 2.45. The zero-order valence-electron chi connectivity index (χ0n) is 10.7. The molecule has 2 heterocycles. The quantitative estimate of drug-likeness (QED) is 0.768. The average Bonchev–Trinajstić information content (AvgIpc) is 2.48. The van der Waals surface area contributed by atoms with Crippen LogP contribution in [0.1, 0.15) is 31.0 Å². The maximum Gasteiger partial charge on any atom is 0.229 e. The highest BCUT2D eigenvalue weighted by Gasteiger charge is 2.31. The van der Waals surface area contributed by atoms with Gasteiger partial charge in [0.25, 0.3) is 0 Å². The fraction of sp³-hybridized carbons (Fsp3) is 0.583. The first-order valence-corrected chi connectivity index (χ1v) is 6.29. The Morgan fingerprint density at radius 3 is 2.33 bits per heavy atom. The number of nitrogens with zero attached hydrogens (tertiary/aromatic N) is 3. The minimum absolute atomic E-state index is 0.127. The van der Waals surface area contributed by atoms with E-state index >= 15 is 0 Å². The first kappa shape index (κ1) is 13.1. The van der Waals surface area contributed by atoms with Crippen molar-refractivity contribution in [1.29, 1.82) is 0 Å². The van der Waals surface area contributed by atoms with Crippen LogP contribution in [0.5, 0.6) is 0 Å². The summed E-state index contributed by atoms with van der Waals surface area (Å²) in [6, 6.07) is 0. The normalized spacial score (nSPS) is 17.7. The molecule has 0 bridgehead atoms. The van der Waals surface area contributed by atoms with Crippen LogP contribution in [0, 0.1) is 12.8 Å². The summed E-state index contributed by atoms with van der Waals surface area (Å²) in [5.74, 6) is -0.122. The number of aryl methyl sites for hydroxylation is 2. The molecule has 0 N–H and O–H groups in total. The van der Waals surface area contributed by atoms with Crippen molar-refractivity contribution in [2.45, 2.75) is 33.2 Å². The van der Waals surface area contributed by atoms with E-state index in [1.807, 2.05) is 13.8 Å². The fourth-order valence-electron chi connectivity index (χ4n) is 2.22. The molecule has 18 heavy (non-hydrogen) atoms. The van der Waals surface area contributed by atoms with Crippen LogP contribution in [-0.2, 0) is 23.2 Å². The van der Waals surface area contributed by atoms with Gasteiger partial charge in [-0.25, -0.2) is 0 Å². The van der Waals surface area contributed by atoms with Gasteiger partial charge in [-0.2, -0.15) is 5.10 Å². The smallest absolute Gasteiger partial charge is 0.229 e. The van der Waals surface area contributed by atoms with Gasteiger partial charge in [0.05, 0.1) is 12.2 Å². The molecule has 5 nitrogen and oxygen atoms in total. The highest BCUT2D eigenvalue weighted by molar-refractivity contribution is 6.30. The second kappa shape index (κ2) is 4.72. The van der Waals surface area contributed by atoms with Crippen molar-refractivity contribution < 1.29 is 9.59 Å². The lowest BCUT2D eigenvalue weighted by Gasteiger charge is -2.28. The second-order valence-corrected chi connectivity index (χ2v) is 5.22. The maximum absolute atomic E-state index is 11.9. The van der Waals surface area contributed by atoms with E-state index in [2.05, 4.69) is 5.10 Å². The number of hydrogen-bond acceptors (Lipinski definition) is 3. The number of imide groups is 1. The number of rotatable bonds is 2. The molecule has 1 aromatic heterocycles. The molecule has 1 aliphatic rings. The topological polar surface area (TPSA) is 55.2 Å². The molecule has 0 aliphatic carbocycles. The van der Waals surface area contributed by atoms with Crippen LogP contribution in [-0.4, -0.2) is 26.5 Å². The molecule has 0 atom stereocenters. The summed E-state index contributed by atoms with van der Waals surface area (Å²) in [7, 11) is 1.74. The summed E-state index contributed by atoms with van der Waals surface area (Å²) in [4.78, 5) is 25.1. The largest absolute Gasteiger partial charge is 0.278 e. The van der Waals surface area contributed by atoms with Crippen molar-refractivity contribution in [3.63, 3.8) is 0 Å². The summed E-state index contributed by atoms with van der Waals surface area (Å²) in [6.45, 7) is 3.96. The zero-order chi connectivity index (χ0) is 13.4. The van der Waals surface area contributed by atoms with Crippen molar-refractivity contribution in [3.05, 3.63) is 16.4 Å². The highest BCUT2D eigenvalue weighted by atomic mass is 35.5. The molecule has 1 saturated heterocycles. The Morgan fingerprint density at radius 2 is 1.89 bits per heavy atom. The predicted octanol–water partition coefficient (Wildman–Crippen LogP) is 1.67. The van der Waals surface area contributed by atoms with Crippen LogP contribution in [0.3, 0.4) is 0 Å².